The van der Waals surface area contributed by atoms with Gasteiger partial charge in [0.05, 0.1) is 11.0 Å². The van der Waals surface area contributed by atoms with Crippen LogP contribution < -0.4 is 9.47 Å². The molecule has 0 radical (unpaired) electrons. The van der Waals surface area contributed by atoms with E-state index in [0.717, 1.165) is 22.5 Å². The molecular weight excluding hydrogens is 264 g/mol. The fourth-order valence-corrected chi connectivity index (χ4v) is 2.02. The van der Waals surface area contributed by atoms with Gasteiger partial charge < -0.3 is 9.47 Å². The van der Waals surface area contributed by atoms with Gasteiger partial charge in [-0.2, -0.15) is 0 Å². The minimum atomic E-state index is 0.433. The summed E-state index contributed by atoms with van der Waals surface area (Å²) >= 11 is 0. The van der Waals surface area contributed by atoms with Gasteiger partial charge in [0.15, 0.2) is 0 Å². The molecule has 0 aliphatic heterocycles. The maximum atomic E-state index is 5.67. The van der Waals surface area contributed by atoms with Gasteiger partial charge in [-0.3, -0.25) is 0 Å². The van der Waals surface area contributed by atoms with Crippen LogP contribution in [0, 0.1) is 6.92 Å². The zero-order valence-corrected chi connectivity index (χ0v) is 11.8. The number of benzene rings is 2. The van der Waals surface area contributed by atoms with Crippen molar-refractivity contribution in [2.45, 2.75) is 6.92 Å². The first-order chi connectivity index (χ1) is 10.3. The Balaban J connectivity index is 1.61. The largest absolute Gasteiger partial charge is 0.490 e. The van der Waals surface area contributed by atoms with E-state index in [4.69, 9.17) is 9.47 Å². The Hall–Kier alpha value is -2.62. The monoisotopic (exact) mass is 280 g/mol. The summed E-state index contributed by atoms with van der Waals surface area (Å²) in [6.07, 6.45) is 0. The third kappa shape index (κ3) is 3.28. The summed E-state index contributed by atoms with van der Waals surface area (Å²) < 4.78 is 11.2. The van der Waals surface area contributed by atoms with E-state index in [9.17, 15) is 0 Å². The average molecular weight is 280 g/mol. The summed E-state index contributed by atoms with van der Waals surface area (Å²) in [6, 6.07) is 17.4. The minimum absolute atomic E-state index is 0.433. The van der Waals surface area contributed by atoms with Crippen LogP contribution in [0.15, 0.2) is 54.6 Å². The highest BCUT2D eigenvalue weighted by Crippen LogP contribution is 2.17. The first-order valence-corrected chi connectivity index (χ1v) is 6.87. The Labute approximate surface area is 123 Å². The van der Waals surface area contributed by atoms with Gasteiger partial charge in [0.1, 0.15) is 24.7 Å². The number of nitrogens with zero attached hydrogens (tertiary/aromatic N) is 2. The second-order valence-corrected chi connectivity index (χ2v) is 4.61. The van der Waals surface area contributed by atoms with Gasteiger partial charge in [-0.1, -0.05) is 30.3 Å². The predicted molar refractivity (Wildman–Crippen MR) is 81.7 cm³/mol. The zero-order valence-electron chi connectivity index (χ0n) is 11.8. The van der Waals surface area contributed by atoms with E-state index in [1.807, 2.05) is 61.5 Å². The molecular formula is C17H16N2O2. The number of para-hydroxylation sites is 3. The van der Waals surface area contributed by atoms with Crippen molar-refractivity contribution in [2.24, 2.45) is 0 Å². The van der Waals surface area contributed by atoms with Crippen molar-refractivity contribution in [3.63, 3.8) is 0 Å². The van der Waals surface area contributed by atoms with Gasteiger partial charge in [-0.15, -0.1) is 0 Å². The number of aryl methyl sites for hydroxylation is 1. The fourth-order valence-electron chi connectivity index (χ4n) is 2.02. The molecule has 2 aromatic carbocycles. The highest BCUT2D eigenvalue weighted by Gasteiger charge is 2.05. The number of aromatic nitrogens is 2. The Morgan fingerprint density at radius 1 is 0.762 bits per heavy atom. The van der Waals surface area contributed by atoms with E-state index in [2.05, 4.69) is 9.97 Å². The molecule has 0 saturated carbocycles. The SMILES string of the molecule is Cc1nc2ccccc2nc1OCCOc1ccccc1. The van der Waals surface area contributed by atoms with Crippen molar-refractivity contribution in [3.05, 3.63) is 60.3 Å². The summed E-state index contributed by atoms with van der Waals surface area (Å²) in [5, 5.41) is 0. The number of hydrogen-bond donors (Lipinski definition) is 0. The molecule has 21 heavy (non-hydrogen) atoms. The summed E-state index contributed by atoms with van der Waals surface area (Å²) in [5.74, 6) is 1.40. The molecule has 106 valence electrons. The highest BCUT2D eigenvalue weighted by atomic mass is 16.5. The Bertz CT molecular complexity index is 729. The van der Waals surface area contributed by atoms with Crippen molar-refractivity contribution in [1.82, 2.24) is 9.97 Å². The molecule has 0 unspecified atom stereocenters. The van der Waals surface area contributed by atoms with E-state index < -0.39 is 0 Å². The van der Waals surface area contributed by atoms with Gasteiger partial charge >= 0.3 is 0 Å². The lowest BCUT2D eigenvalue weighted by molar-refractivity contribution is 0.211. The quantitative estimate of drug-likeness (QED) is 0.672. The van der Waals surface area contributed by atoms with Gasteiger partial charge in [0, 0.05) is 0 Å². The predicted octanol–water partition coefficient (Wildman–Crippen LogP) is 3.40. The molecule has 0 spiro atoms. The molecule has 1 aromatic heterocycles. The summed E-state index contributed by atoms with van der Waals surface area (Å²) in [7, 11) is 0. The minimum Gasteiger partial charge on any atom is -0.490 e. The topological polar surface area (TPSA) is 44.2 Å². The third-order valence-corrected chi connectivity index (χ3v) is 3.04. The van der Waals surface area contributed by atoms with E-state index in [0.29, 0.717) is 19.1 Å². The molecule has 0 atom stereocenters. The van der Waals surface area contributed by atoms with E-state index >= 15 is 0 Å². The first-order valence-electron chi connectivity index (χ1n) is 6.87. The normalized spacial score (nSPS) is 10.5. The number of hydrogen-bond acceptors (Lipinski definition) is 4. The first kappa shape index (κ1) is 13.4. The number of ether oxygens (including phenoxy) is 2. The van der Waals surface area contributed by atoms with Crippen LogP contribution in [0.5, 0.6) is 11.6 Å². The van der Waals surface area contributed by atoms with Crippen LogP contribution in [0.4, 0.5) is 0 Å². The molecule has 3 aromatic rings. The van der Waals surface area contributed by atoms with Crippen LogP contribution >= 0.6 is 0 Å². The smallest absolute Gasteiger partial charge is 0.236 e. The summed E-state index contributed by atoms with van der Waals surface area (Å²) in [6.45, 7) is 2.80. The molecule has 0 amide bonds. The Morgan fingerprint density at radius 3 is 2.14 bits per heavy atom. The van der Waals surface area contributed by atoms with E-state index in [1.165, 1.54) is 0 Å². The van der Waals surface area contributed by atoms with E-state index in [1.54, 1.807) is 0 Å². The van der Waals surface area contributed by atoms with Gasteiger partial charge in [0.2, 0.25) is 5.88 Å². The second-order valence-electron chi connectivity index (χ2n) is 4.61. The molecule has 0 aliphatic carbocycles. The van der Waals surface area contributed by atoms with Crippen LogP contribution in [0.2, 0.25) is 0 Å². The van der Waals surface area contributed by atoms with Gasteiger partial charge in [0.25, 0.3) is 0 Å². The molecule has 0 N–H and O–H groups in total. The highest BCUT2D eigenvalue weighted by molar-refractivity contribution is 5.74. The molecule has 0 aliphatic rings. The third-order valence-electron chi connectivity index (χ3n) is 3.04. The lowest BCUT2D eigenvalue weighted by atomic mass is 10.3. The van der Waals surface area contributed by atoms with Crippen molar-refractivity contribution >= 4 is 11.0 Å². The fraction of sp³-hybridized carbons (Fsp3) is 0.176. The van der Waals surface area contributed by atoms with Crippen LogP contribution in [-0.2, 0) is 0 Å². The van der Waals surface area contributed by atoms with Crippen molar-refractivity contribution in [1.29, 1.82) is 0 Å². The summed E-state index contributed by atoms with van der Waals surface area (Å²) in [5.41, 5.74) is 2.50. The maximum Gasteiger partial charge on any atom is 0.236 e. The van der Waals surface area contributed by atoms with Gasteiger partial charge in [-0.25, -0.2) is 9.97 Å². The van der Waals surface area contributed by atoms with Crippen molar-refractivity contribution in [2.75, 3.05) is 13.2 Å². The van der Waals surface area contributed by atoms with Crippen LogP contribution in [0.1, 0.15) is 5.69 Å². The molecule has 4 nitrogen and oxygen atoms in total. The standard InChI is InChI=1S/C17H16N2O2/c1-13-17(19-16-10-6-5-9-15(16)18-13)21-12-11-20-14-7-3-2-4-8-14/h2-10H,11-12H2,1H3. The Morgan fingerprint density at radius 2 is 1.38 bits per heavy atom. The Kier molecular flexibility index (Phi) is 3.96. The van der Waals surface area contributed by atoms with E-state index in [-0.39, 0.29) is 0 Å². The van der Waals surface area contributed by atoms with Crippen LogP contribution in [0.25, 0.3) is 11.0 Å². The molecule has 4 heteroatoms. The number of rotatable bonds is 5. The molecule has 0 bridgehead atoms. The van der Waals surface area contributed by atoms with Crippen molar-refractivity contribution in [3.8, 4) is 11.6 Å². The van der Waals surface area contributed by atoms with Gasteiger partial charge in [-0.05, 0) is 31.2 Å². The lowest BCUT2D eigenvalue weighted by Gasteiger charge is -2.09. The van der Waals surface area contributed by atoms with Crippen LogP contribution in [0.3, 0.4) is 0 Å². The van der Waals surface area contributed by atoms with Crippen LogP contribution in [-0.4, -0.2) is 23.2 Å². The van der Waals surface area contributed by atoms with Crippen molar-refractivity contribution < 1.29 is 9.47 Å². The second kappa shape index (κ2) is 6.22. The molecule has 3 rings (SSSR count). The maximum absolute atomic E-state index is 5.67. The lowest BCUT2D eigenvalue weighted by Crippen LogP contribution is -2.11. The molecule has 0 saturated heterocycles. The molecule has 0 fully saturated rings. The molecule has 1 heterocycles. The number of fused-ring (bicyclic) bond motifs is 1. The summed E-state index contributed by atoms with van der Waals surface area (Å²) in [4.78, 5) is 8.96. The average Bonchev–Trinajstić information content (AvgIpc) is 2.53. The zero-order chi connectivity index (χ0) is 14.5.